The molecule has 0 saturated carbocycles. The second-order valence-electron chi connectivity index (χ2n) is 7.35. The number of methoxy groups -OCH3 is 2. The molecular weight excluding hydrogens is 378 g/mol. The fraction of sp³-hybridized carbons (Fsp3) is 0.208. The zero-order chi connectivity index (χ0) is 21.3. The third-order valence-corrected chi connectivity index (χ3v) is 5.27. The second kappa shape index (κ2) is 7.99. The van der Waals surface area contributed by atoms with Crippen LogP contribution >= 0.6 is 0 Å². The molecule has 0 aliphatic rings. The molecule has 1 N–H and O–H groups in total. The molecule has 0 bridgehead atoms. The first-order valence-electron chi connectivity index (χ1n) is 9.72. The Balaban J connectivity index is 1.93. The smallest absolute Gasteiger partial charge is 0.182 e. The van der Waals surface area contributed by atoms with Crippen LogP contribution in [0, 0.1) is 0 Å². The van der Waals surface area contributed by atoms with Gasteiger partial charge in [0.1, 0.15) is 0 Å². The minimum atomic E-state index is 0.404. The minimum absolute atomic E-state index is 0.404. The molecule has 2 aromatic carbocycles. The summed E-state index contributed by atoms with van der Waals surface area (Å²) in [5, 5.41) is 8.36. The number of hydrogen-bond donors (Lipinski definition) is 1. The van der Waals surface area contributed by atoms with E-state index < -0.39 is 0 Å². The first-order valence-corrected chi connectivity index (χ1v) is 9.72. The molecule has 30 heavy (non-hydrogen) atoms. The predicted molar refractivity (Wildman–Crippen MR) is 117 cm³/mol. The summed E-state index contributed by atoms with van der Waals surface area (Å²) in [6, 6.07) is 14.1. The lowest BCUT2D eigenvalue weighted by Gasteiger charge is -2.12. The Morgan fingerprint density at radius 3 is 2.40 bits per heavy atom. The number of benzene rings is 2. The molecule has 4 rings (SSSR count). The molecule has 0 fully saturated rings. The van der Waals surface area contributed by atoms with Crippen LogP contribution in [0.1, 0.15) is 35.7 Å². The van der Waals surface area contributed by atoms with E-state index >= 15 is 0 Å². The number of aromatic nitrogens is 3. The molecule has 152 valence electrons. The van der Waals surface area contributed by atoms with Gasteiger partial charge < -0.3 is 9.47 Å². The van der Waals surface area contributed by atoms with Crippen LogP contribution in [0.2, 0.25) is 0 Å². The van der Waals surface area contributed by atoms with E-state index in [2.05, 4.69) is 53.3 Å². The van der Waals surface area contributed by atoms with Crippen molar-refractivity contribution in [3.8, 4) is 33.9 Å². The monoisotopic (exact) mass is 401 g/mol. The molecule has 2 aromatic heterocycles. The molecular formula is C24H23N3O3. The number of H-pyrrole nitrogens is 1. The number of nitrogens with one attached hydrogen (secondary N) is 1. The molecule has 4 aromatic rings. The number of ether oxygens (including phenoxy) is 2. The summed E-state index contributed by atoms with van der Waals surface area (Å²) in [6.07, 6.45) is 2.51. The van der Waals surface area contributed by atoms with Crippen molar-refractivity contribution in [1.29, 1.82) is 0 Å². The van der Waals surface area contributed by atoms with E-state index in [9.17, 15) is 4.79 Å². The van der Waals surface area contributed by atoms with E-state index in [4.69, 9.17) is 9.47 Å². The standard InChI is InChI=1S/C24H23N3O3/c1-14(2)15-5-7-16(8-6-15)19-9-10-25-24-21(19)22(26-27-24)17-11-18(13-28)23(30-4)20(12-17)29-3/h5-14H,1-4H3,(H,25,26,27). The van der Waals surface area contributed by atoms with Crippen LogP contribution in [0.4, 0.5) is 0 Å². The van der Waals surface area contributed by atoms with Gasteiger partial charge in [0, 0.05) is 11.8 Å². The lowest BCUT2D eigenvalue weighted by molar-refractivity contribution is 0.112. The van der Waals surface area contributed by atoms with Crippen LogP contribution in [0.15, 0.2) is 48.7 Å². The molecule has 0 aliphatic heterocycles. The van der Waals surface area contributed by atoms with E-state index in [0.29, 0.717) is 28.6 Å². The van der Waals surface area contributed by atoms with E-state index in [0.717, 1.165) is 34.1 Å². The molecule has 0 unspecified atom stereocenters. The SMILES string of the molecule is COc1cc(-c2[nH]nc3nccc(-c4ccc(C(C)C)cc4)c23)cc(C=O)c1OC. The lowest BCUT2D eigenvalue weighted by Crippen LogP contribution is -1.97. The van der Waals surface area contributed by atoms with Gasteiger partial charge in [-0.15, -0.1) is 0 Å². The van der Waals surface area contributed by atoms with E-state index in [-0.39, 0.29) is 0 Å². The van der Waals surface area contributed by atoms with Gasteiger partial charge in [-0.1, -0.05) is 38.1 Å². The third-order valence-electron chi connectivity index (χ3n) is 5.27. The highest BCUT2D eigenvalue weighted by atomic mass is 16.5. The van der Waals surface area contributed by atoms with Gasteiger partial charge in [-0.3, -0.25) is 9.89 Å². The van der Waals surface area contributed by atoms with Crippen molar-refractivity contribution in [3.05, 3.63) is 59.8 Å². The van der Waals surface area contributed by atoms with E-state index in [1.165, 1.54) is 12.7 Å². The highest BCUT2D eigenvalue weighted by molar-refractivity contribution is 6.03. The number of aromatic amines is 1. The van der Waals surface area contributed by atoms with Crippen LogP contribution < -0.4 is 9.47 Å². The van der Waals surface area contributed by atoms with Gasteiger partial charge in [0.2, 0.25) is 0 Å². The van der Waals surface area contributed by atoms with Crippen LogP contribution in [0.5, 0.6) is 11.5 Å². The number of aldehydes is 1. The molecule has 0 saturated heterocycles. The summed E-state index contributed by atoms with van der Waals surface area (Å²) in [4.78, 5) is 16.1. The van der Waals surface area contributed by atoms with Crippen molar-refractivity contribution < 1.29 is 14.3 Å². The molecule has 6 nitrogen and oxygen atoms in total. The summed E-state index contributed by atoms with van der Waals surface area (Å²) >= 11 is 0. The molecule has 0 spiro atoms. The average Bonchev–Trinajstić information content (AvgIpc) is 3.22. The first kappa shape index (κ1) is 19.6. The Morgan fingerprint density at radius 1 is 1.00 bits per heavy atom. The predicted octanol–water partition coefficient (Wildman–Crippen LogP) is 5.25. The number of carbonyl (C=O) groups is 1. The van der Waals surface area contributed by atoms with Crippen molar-refractivity contribution in [2.24, 2.45) is 0 Å². The molecule has 0 radical (unpaired) electrons. The fourth-order valence-corrected chi connectivity index (χ4v) is 3.67. The van der Waals surface area contributed by atoms with Gasteiger partial charge >= 0.3 is 0 Å². The largest absolute Gasteiger partial charge is 0.493 e. The van der Waals surface area contributed by atoms with Crippen molar-refractivity contribution in [1.82, 2.24) is 15.2 Å². The maximum absolute atomic E-state index is 11.6. The Labute approximate surface area is 174 Å². The normalized spacial score (nSPS) is 11.1. The number of pyridine rings is 1. The Morgan fingerprint density at radius 2 is 1.77 bits per heavy atom. The quantitative estimate of drug-likeness (QED) is 0.447. The van der Waals surface area contributed by atoms with Crippen molar-refractivity contribution in [2.75, 3.05) is 14.2 Å². The lowest BCUT2D eigenvalue weighted by atomic mass is 9.96. The van der Waals surface area contributed by atoms with Gasteiger partial charge in [-0.25, -0.2) is 4.98 Å². The van der Waals surface area contributed by atoms with E-state index in [1.807, 2.05) is 12.1 Å². The number of hydrogen-bond acceptors (Lipinski definition) is 5. The zero-order valence-electron chi connectivity index (χ0n) is 17.4. The second-order valence-corrected chi connectivity index (χ2v) is 7.35. The summed E-state index contributed by atoms with van der Waals surface area (Å²) in [5.74, 6) is 1.35. The van der Waals surface area contributed by atoms with Gasteiger partial charge in [0.25, 0.3) is 0 Å². The van der Waals surface area contributed by atoms with Crippen molar-refractivity contribution in [3.63, 3.8) is 0 Å². The average molecular weight is 401 g/mol. The number of rotatable bonds is 6. The number of fused-ring (bicyclic) bond motifs is 1. The molecule has 6 heteroatoms. The van der Waals surface area contributed by atoms with Crippen LogP contribution in [0.3, 0.4) is 0 Å². The fourth-order valence-electron chi connectivity index (χ4n) is 3.67. The van der Waals surface area contributed by atoms with Crippen molar-refractivity contribution in [2.45, 2.75) is 19.8 Å². The van der Waals surface area contributed by atoms with Crippen LogP contribution in [0.25, 0.3) is 33.4 Å². The van der Waals surface area contributed by atoms with Gasteiger partial charge in [0.05, 0.1) is 30.9 Å². The van der Waals surface area contributed by atoms with Crippen LogP contribution in [-0.4, -0.2) is 35.7 Å². The summed E-state index contributed by atoms with van der Waals surface area (Å²) in [6.45, 7) is 4.35. The molecule has 2 heterocycles. The third kappa shape index (κ3) is 3.30. The summed E-state index contributed by atoms with van der Waals surface area (Å²) < 4.78 is 10.8. The van der Waals surface area contributed by atoms with Crippen molar-refractivity contribution >= 4 is 17.3 Å². The van der Waals surface area contributed by atoms with Gasteiger partial charge in [-0.05, 0) is 40.8 Å². The highest BCUT2D eigenvalue weighted by Crippen LogP contribution is 2.39. The first-order chi connectivity index (χ1) is 14.6. The Kier molecular flexibility index (Phi) is 5.23. The maximum Gasteiger partial charge on any atom is 0.182 e. The number of nitrogens with zero attached hydrogens (tertiary/aromatic N) is 2. The Hall–Kier alpha value is -3.67. The zero-order valence-corrected chi connectivity index (χ0v) is 17.4. The maximum atomic E-state index is 11.6. The molecule has 0 aliphatic carbocycles. The summed E-state index contributed by atoms with van der Waals surface area (Å²) in [5.41, 5.74) is 5.92. The van der Waals surface area contributed by atoms with Gasteiger partial charge in [-0.2, -0.15) is 5.10 Å². The van der Waals surface area contributed by atoms with E-state index in [1.54, 1.807) is 19.4 Å². The number of carbonyl (C=O) groups excluding carboxylic acids is 1. The van der Waals surface area contributed by atoms with Crippen LogP contribution in [-0.2, 0) is 0 Å². The molecule has 0 atom stereocenters. The topological polar surface area (TPSA) is 77.1 Å². The highest BCUT2D eigenvalue weighted by Gasteiger charge is 2.18. The summed E-state index contributed by atoms with van der Waals surface area (Å²) in [7, 11) is 3.06. The Bertz CT molecular complexity index is 1210. The molecule has 0 amide bonds. The minimum Gasteiger partial charge on any atom is -0.493 e. The van der Waals surface area contributed by atoms with Gasteiger partial charge in [0.15, 0.2) is 23.4 Å².